The molecule has 0 spiro atoms. The zero-order valence-corrected chi connectivity index (χ0v) is 9.19. The third-order valence-corrected chi connectivity index (χ3v) is 3.31. The van der Waals surface area contributed by atoms with E-state index in [2.05, 4.69) is 6.07 Å². The Labute approximate surface area is 94.6 Å². The Kier molecular flexibility index (Phi) is 2.66. The van der Waals surface area contributed by atoms with E-state index < -0.39 is 5.41 Å². The summed E-state index contributed by atoms with van der Waals surface area (Å²) in [5.41, 5.74) is 1.38. The maximum atomic E-state index is 11.9. The highest BCUT2D eigenvalue weighted by atomic mass is 16.5. The average Bonchev–Trinajstić information content (AvgIpc) is 2.69. The van der Waals surface area contributed by atoms with Crippen LogP contribution in [-0.2, 0) is 21.4 Å². The smallest absolute Gasteiger partial charge is 0.317 e. The van der Waals surface area contributed by atoms with Crippen LogP contribution >= 0.6 is 0 Å². The minimum atomic E-state index is -0.736. The average molecular weight is 215 g/mol. The highest BCUT2D eigenvalue weighted by Crippen LogP contribution is 2.42. The summed E-state index contributed by atoms with van der Waals surface area (Å²) in [5, 5.41) is 8.90. The minimum Gasteiger partial charge on any atom is -0.468 e. The second kappa shape index (κ2) is 3.97. The van der Waals surface area contributed by atoms with Gasteiger partial charge in [0.2, 0.25) is 0 Å². The van der Waals surface area contributed by atoms with E-state index in [1.54, 1.807) is 0 Å². The van der Waals surface area contributed by atoms with Crippen molar-refractivity contribution < 1.29 is 9.53 Å². The Morgan fingerprint density at radius 1 is 1.56 bits per heavy atom. The molecule has 16 heavy (non-hydrogen) atoms. The molecule has 0 amide bonds. The number of rotatable bonds is 2. The third-order valence-electron chi connectivity index (χ3n) is 3.31. The summed E-state index contributed by atoms with van der Waals surface area (Å²) in [6.45, 7) is 0. The first kappa shape index (κ1) is 10.7. The van der Waals surface area contributed by atoms with Crippen molar-refractivity contribution in [3.8, 4) is 6.07 Å². The van der Waals surface area contributed by atoms with Crippen LogP contribution in [0.4, 0.5) is 0 Å². The van der Waals surface area contributed by atoms with Gasteiger partial charge in [0.15, 0.2) is 0 Å². The Hall–Kier alpha value is -1.82. The number of nitriles is 1. The van der Waals surface area contributed by atoms with Gasteiger partial charge >= 0.3 is 5.97 Å². The Morgan fingerprint density at radius 2 is 2.31 bits per heavy atom. The van der Waals surface area contributed by atoms with Crippen LogP contribution in [0.15, 0.2) is 24.3 Å². The number of carbonyl (C=O) groups excluding carboxylic acids is 1. The van der Waals surface area contributed by atoms with Crippen LogP contribution in [0, 0.1) is 11.3 Å². The molecule has 82 valence electrons. The van der Waals surface area contributed by atoms with Gasteiger partial charge in [-0.3, -0.25) is 4.79 Å². The number of esters is 1. The summed E-state index contributed by atoms with van der Waals surface area (Å²) < 4.78 is 4.86. The largest absolute Gasteiger partial charge is 0.468 e. The molecule has 1 atom stereocenters. The van der Waals surface area contributed by atoms with E-state index in [0.29, 0.717) is 6.42 Å². The molecule has 2 rings (SSSR count). The molecule has 3 heteroatoms. The molecule has 1 aliphatic carbocycles. The number of carbonyl (C=O) groups is 1. The fourth-order valence-corrected chi connectivity index (χ4v) is 2.49. The van der Waals surface area contributed by atoms with Gasteiger partial charge in [-0.15, -0.1) is 0 Å². The Bertz CT molecular complexity index is 461. The standard InChI is InChI=1S/C13H13NO2/c1-16-12(15)13(8-9-14)7-6-10-4-2-3-5-11(10)13/h2-5H,6-8H2,1H3. The van der Waals surface area contributed by atoms with Crippen molar-refractivity contribution in [3.05, 3.63) is 35.4 Å². The Morgan fingerprint density at radius 3 is 3.00 bits per heavy atom. The van der Waals surface area contributed by atoms with Crippen molar-refractivity contribution in [1.29, 1.82) is 5.26 Å². The van der Waals surface area contributed by atoms with Crippen LogP contribution in [0.2, 0.25) is 0 Å². The molecule has 0 heterocycles. The first-order valence-corrected chi connectivity index (χ1v) is 5.28. The zero-order chi connectivity index (χ0) is 11.6. The van der Waals surface area contributed by atoms with Crippen LogP contribution < -0.4 is 0 Å². The molecule has 1 aliphatic rings. The normalized spacial score (nSPS) is 22.2. The van der Waals surface area contributed by atoms with Crippen molar-refractivity contribution in [2.75, 3.05) is 7.11 Å². The molecule has 0 saturated heterocycles. The molecular weight excluding hydrogens is 202 g/mol. The van der Waals surface area contributed by atoms with Crippen molar-refractivity contribution in [1.82, 2.24) is 0 Å². The molecule has 0 radical (unpaired) electrons. The van der Waals surface area contributed by atoms with Crippen molar-refractivity contribution in [3.63, 3.8) is 0 Å². The molecule has 1 unspecified atom stereocenters. The number of hydrogen-bond acceptors (Lipinski definition) is 3. The van der Waals surface area contributed by atoms with E-state index in [1.807, 2.05) is 24.3 Å². The fraction of sp³-hybridized carbons (Fsp3) is 0.385. The molecule has 0 N–H and O–H groups in total. The Balaban J connectivity index is 2.52. The molecule has 1 aromatic rings. The molecule has 0 fully saturated rings. The van der Waals surface area contributed by atoms with Crippen molar-refractivity contribution in [2.24, 2.45) is 0 Å². The molecule has 1 aromatic carbocycles. The fourth-order valence-electron chi connectivity index (χ4n) is 2.49. The molecular formula is C13H13NO2. The van der Waals surface area contributed by atoms with Crippen LogP contribution in [-0.4, -0.2) is 13.1 Å². The first-order chi connectivity index (χ1) is 7.74. The summed E-state index contributed by atoms with van der Waals surface area (Å²) in [5.74, 6) is -0.293. The summed E-state index contributed by atoms with van der Waals surface area (Å²) in [6, 6.07) is 9.90. The minimum absolute atomic E-state index is 0.191. The number of nitrogens with zero attached hydrogens (tertiary/aromatic N) is 1. The van der Waals surface area contributed by atoms with Crippen LogP contribution in [0.3, 0.4) is 0 Å². The van der Waals surface area contributed by atoms with E-state index in [1.165, 1.54) is 7.11 Å². The second-order valence-electron chi connectivity index (χ2n) is 4.07. The van der Waals surface area contributed by atoms with Crippen LogP contribution in [0.25, 0.3) is 0 Å². The lowest BCUT2D eigenvalue weighted by atomic mass is 9.79. The number of fused-ring (bicyclic) bond motifs is 1. The maximum Gasteiger partial charge on any atom is 0.317 e. The highest BCUT2D eigenvalue weighted by Gasteiger charge is 2.46. The van der Waals surface area contributed by atoms with Crippen molar-refractivity contribution >= 4 is 5.97 Å². The molecule has 0 aliphatic heterocycles. The van der Waals surface area contributed by atoms with Gasteiger partial charge in [-0.2, -0.15) is 5.26 Å². The lowest BCUT2D eigenvalue weighted by Gasteiger charge is -2.24. The van der Waals surface area contributed by atoms with Gasteiger partial charge in [0.05, 0.1) is 19.6 Å². The lowest BCUT2D eigenvalue weighted by Crippen LogP contribution is -2.34. The third kappa shape index (κ3) is 1.38. The predicted octanol–water partition coefficient (Wildman–Crippen LogP) is 1.96. The van der Waals surface area contributed by atoms with Gasteiger partial charge in [0.1, 0.15) is 5.41 Å². The lowest BCUT2D eigenvalue weighted by molar-refractivity contribution is -0.147. The number of hydrogen-bond donors (Lipinski definition) is 0. The summed E-state index contributed by atoms with van der Waals surface area (Å²) >= 11 is 0. The van der Waals surface area contributed by atoms with Gasteiger partial charge in [-0.05, 0) is 24.0 Å². The maximum absolute atomic E-state index is 11.9. The SMILES string of the molecule is COC(=O)C1(CC#N)CCc2ccccc21. The number of benzene rings is 1. The number of aryl methyl sites for hydroxylation is 1. The van der Waals surface area contributed by atoms with E-state index in [4.69, 9.17) is 10.00 Å². The van der Waals surface area contributed by atoms with Gasteiger partial charge in [-0.1, -0.05) is 24.3 Å². The monoisotopic (exact) mass is 215 g/mol. The van der Waals surface area contributed by atoms with Gasteiger partial charge < -0.3 is 4.74 Å². The van der Waals surface area contributed by atoms with Gasteiger partial charge in [0, 0.05) is 0 Å². The summed E-state index contributed by atoms with van der Waals surface area (Å²) in [6.07, 6.45) is 1.70. The van der Waals surface area contributed by atoms with E-state index in [-0.39, 0.29) is 12.4 Å². The van der Waals surface area contributed by atoms with Crippen LogP contribution in [0.5, 0.6) is 0 Å². The summed E-state index contributed by atoms with van der Waals surface area (Å²) in [7, 11) is 1.38. The number of ether oxygens (including phenoxy) is 1. The topological polar surface area (TPSA) is 50.1 Å². The predicted molar refractivity (Wildman–Crippen MR) is 58.7 cm³/mol. The highest BCUT2D eigenvalue weighted by molar-refractivity contribution is 5.85. The molecule has 0 bridgehead atoms. The quantitative estimate of drug-likeness (QED) is 0.708. The second-order valence-corrected chi connectivity index (χ2v) is 4.07. The van der Waals surface area contributed by atoms with E-state index >= 15 is 0 Å². The van der Waals surface area contributed by atoms with E-state index in [9.17, 15) is 4.79 Å². The van der Waals surface area contributed by atoms with Gasteiger partial charge in [0.25, 0.3) is 0 Å². The van der Waals surface area contributed by atoms with Crippen LogP contribution in [0.1, 0.15) is 24.0 Å². The van der Waals surface area contributed by atoms with E-state index in [0.717, 1.165) is 17.5 Å². The zero-order valence-electron chi connectivity index (χ0n) is 9.19. The molecule has 3 nitrogen and oxygen atoms in total. The van der Waals surface area contributed by atoms with Crippen molar-refractivity contribution in [2.45, 2.75) is 24.7 Å². The summed E-state index contributed by atoms with van der Waals surface area (Å²) in [4.78, 5) is 11.9. The first-order valence-electron chi connectivity index (χ1n) is 5.28. The molecule has 0 aromatic heterocycles. The van der Waals surface area contributed by atoms with Gasteiger partial charge in [-0.25, -0.2) is 0 Å². The number of methoxy groups -OCH3 is 1. The molecule has 0 saturated carbocycles.